The number of piperidine rings is 1. The maximum atomic E-state index is 13.5. The Labute approximate surface area is 331 Å². The summed E-state index contributed by atoms with van der Waals surface area (Å²) >= 11 is 0. The van der Waals surface area contributed by atoms with Crippen LogP contribution in [0.15, 0.2) is 84.2 Å². The third kappa shape index (κ3) is 7.34. The number of aryl methyl sites for hydroxylation is 1. The van der Waals surface area contributed by atoms with Crippen LogP contribution in [0.3, 0.4) is 0 Å². The van der Waals surface area contributed by atoms with Crippen LogP contribution in [0.5, 0.6) is 5.75 Å². The highest BCUT2D eigenvalue weighted by atomic mass is 19.1. The number of hydrogen-bond acceptors (Lipinski definition) is 12. The second-order valence-electron chi connectivity index (χ2n) is 14.2. The lowest BCUT2D eigenvalue weighted by molar-refractivity contribution is -0.135. The molecule has 4 aromatic heterocycles. The van der Waals surface area contributed by atoms with Crippen molar-refractivity contribution in [3.63, 3.8) is 0 Å². The molecule has 6 aromatic rings. The number of methoxy groups -OCH3 is 1. The minimum absolute atomic E-state index is 0.172. The summed E-state index contributed by atoms with van der Waals surface area (Å²) in [5.74, 6) is 0.151. The van der Waals surface area contributed by atoms with Crippen LogP contribution in [0.25, 0.3) is 22.4 Å². The van der Waals surface area contributed by atoms with Crippen LogP contribution in [0.2, 0.25) is 0 Å². The number of fused-ring (bicyclic) bond motifs is 1. The number of imidazole rings is 1. The molecule has 17 heteroatoms. The number of ether oxygens (including phenoxy) is 1. The van der Waals surface area contributed by atoms with Gasteiger partial charge >= 0.3 is 5.69 Å². The monoisotopic (exact) mass is 785 g/mol. The van der Waals surface area contributed by atoms with Gasteiger partial charge in [-0.2, -0.15) is 0 Å². The first-order valence-corrected chi connectivity index (χ1v) is 18.7. The van der Waals surface area contributed by atoms with E-state index < -0.39 is 17.8 Å². The summed E-state index contributed by atoms with van der Waals surface area (Å²) in [6, 6.07) is 16.0. The van der Waals surface area contributed by atoms with Gasteiger partial charge in [-0.25, -0.2) is 29.1 Å². The molecule has 2 unspecified atom stereocenters. The van der Waals surface area contributed by atoms with E-state index in [9.17, 15) is 23.6 Å². The Hall–Kier alpha value is -7.01. The van der Waals surface area contributed by atoms with Gasteiger partial charge in [0, 0.05) is 52.1 Å². The number of benzene rings is 2. The molecule has 2 aliphatic rings. The fourth-order valence-electron chi connectivity index (χ4n) is 7.81. The zero-order chi connectivity index (χ0) is 40.5. The lowest BCUT2D eigenvalue weighted by atomic mass is 9.96. The molecule has 2 aromatic carbocycles. The first kappa shape index (κ1) is 37.9. The number of halogens is 1. The highest BCUT2D eigenvalue weighted by Gasteiger charge is 2.33. The molecule has 0 bridgehead atoms. The predicted molar refractivity (Wildman–Crippen MR) is 214 cm³/mol. The highest BCUT2D eigenvalue weighted by molar-refractivity contribution is 6.01. The first-order valence-electron chi connectivity index (χ1n) is 18.7. The third-order valence-corrected chi connectivity index (χ3v) is 10.6. The number of amides is 3. The summed E-state index contributed by atoms with van der Waals surface area (Å²) in [4.78, 5) is 70.5. The van der Waals surface area contributed by atoms with Gasteiger partial charge in [0.15, 0.2) is 17.4 Å². The topological polar surface area (TPSA) is 190 Å². The molecule has 16 nitrogen and oxygen atoms in total. The fourth-order valence-corrected chi connectivity index (χ4v) is 7.81. The van der Waals surface area contributed by atoms with E-state index in [1.807, 2.05) is 30.5 Å². The number of nitrogens with one attached hydrogen (secondary N) is 4. The zero-order valence-corrected chi connectivity index (χ0v) is 32.0. The number of aromatic nitrogens is 6. The van der Waals surface area contributed by atoms with E-state index in [1.165, 1.54) is 24.9 Å². The third-order valence-electron chi connectivity index (χ3n) is 10.6. The van der Waals surface area contributed by atoms with Gasteiger partial charge in [0.25, 0.3) is 5.91 Å². The molecule has 0 spiro atoms. The molecule has 8 rings (SSSR count). The SMILES string of the molecule is CNC(=O)c1cnc(Nc2ccc(CN3CCC(c4cccc5c4n(C)c(=O)n5C4CCC(=O)NC4=O)C3)cn2)cc1Nc1cccc(-c2ncc(F)cn2)c1OC. The van der Waals surface area contributed by atoms with E-state index in [2.05, 4.69) is 52.2 Å². The summed E-state index contributed by atoms with van der Waals surface area (Å²) in [6.45, 7) is 2.30. The molecule has 2 aliphatic heterocycles. The van der Waals surface area contributed by atoms with Crippen molar-refractivity contribution in [2.75, 3.05) is 37.9 Å². The minimum atomic E-state index is -0.733. The molecule has 2 fully saturated rings. The molecule has 2 saturated heterocycles. The Morgan fingerprint density at radius 1 is 0.931 bits per heavy atom. The predicted octanol–water partition coefficient (Wildman–Crippen LogP) is 4.55. The summed E-state index contributed by atoms with van der Waals surface area (Å²) in [6.07, 6.45) is 6.81. The number of para-hydroxylation sites is 2. The summed E-state index contributed by atoms with van der Waals surface area (Å²) < 4.78 is 22.4. The molecule has 6 heterocycles. The Kier molecular flexibility index (Phi) is 10.4. The van der Waals surface area contributed by atoms with Crippen molar-refractivity contribution in [3.8, 4) is 17.1 Å². The molecule has 2 atom stereocenters. The molecule has 58 heavy (non-hydrogen) atoms. The highest BCUT2D eigenvalue weighted by Crippen LogP contribution is 2.38. The number of anilines is 4. The van der Waals surface area contributed by atoms with Gasteiger partial charge in [-0.1, -0.05) is 24.3 Å². The van der Waals surface area contributed by atoms with Gasteiger partial charge in [0.1, 0.15) is 17.7 Å². The Bertz CT molecular complexity index is 2610. The molecule has 296 valence electrons. The van der Waals surface area contributed by atoms with Crippen LogP contribution >= 0.6 is 0 Å². The number of likely N-dealkylation sites (tertiary alicyclic amines) is 1. The number of pyridine rings is 2. The second kappa shape index (κ2) is 15.9. The number of carbonyl (C=O) groups is 3. The van der Waals surface area contributed by atoms with Gasteiger partial charge in [0.05, 0.1) is 53.0 Å². The van der Waals surface area contributed by atoms with Crippen molar-refractivity contribution in [1.82, 2.24) is 44.6 Å². The zero-order valence-electron chi connectivity index (χ0n) is 32.0. The largest absolute Gasteiger partial charge is 0.494 e. The first-order chi connectivity index (χ1) is 28.1. The molecular weight excluding hydrogens is 746 g/mol. The average molecular weight is 786 g/mol. The Morgan fingerprint density at radius 2 is 1.72 bits per heavy atom. The van der Waals surface area contributed by atoms with E-state index in [4.69, 9.17) is 4.74 Å². The van der Waals surface area contributed by atoms with E-state index in [0.29, 0.717) is 46.4 Å². The van der Waals surface area contributed by atoms with Crippen LogP contribution in [0, 0.1) is 5.82 Å². The standard InChI is InChI=1S/C41H40FN11O5/c1-43-39(55)28-20-45-34(16-30(28)48-29-8-4-7-27(37(29)58-3)38-46-18-25(42)19-47-38)49-33-12-10-23(17-44-33)21-52-15-14-24(22-52)26-6-5-9-31-36(26)51(2)41(57)53(31)32-11-13-35(54)50-40(32)56/h4-10,12,16-20,24,32H,11,13-15,21-22H2,1-3H3,(H,43,55)(H,50,54,56)(H2,44,45,48,49). The smallest absolute Gasteiger partial charge is 0.329 e. The van der Waals surface area contributed by atoms with Crippen LogP contribution in [0.1, 0.15) is 52.7 Å². The van der Waals surface area contributed by atoms with Crippen molar-refractivity contribution < 1.29 is 23.5 Å². The van der Waals surface area contributed by atoms with Crippen LogP contribution in [0.4, 0.5) is 27.4 Å². The quantitative estimate of drug-likeness (QED) is 0.134. The Balaban J connectivity index is 0.963. The van der Waals surface area contributed by atoms with E-state index in [0.717, 1.165) is 48.5 Å². The minimum Gasteiger partial charge on any atom is -0.494 e. The van der Waals surface area contributed by atoms with Crippen molar-refractivity contribution in [2.24, 2.45) is 7.05 Å². The summed E-state index contributed by atoms with van der Waals surface area (Å²) in [5, 5.41) is 11.5. The van der Waals surface area contributed by atoms with E-state index in [-0.39, 0.29) is 47.7 Å². The Morgan fingerprint density at radius 3 is 2.47 bits per heavy atom. The van der Waals surface area contributed by atoms with Gasteiger partial charge in [-0.05, 0) is 60.7 Å². The summed E-state index contributed by atoms with van der Waals surface area (Å²) in [5.41, 5.74) is 5.07. The van der Waals surface area contributed by atoms with Crippen molar-refractivity contribution in [3.05, 3.63) is 112 Å². The number of imide groups is 1. The molecule has 0 saturated carbocycles. The van der Waals surface area contributed by atoms with Gasteiger partial charge < -0.3 is 20.7 Å². The summed E-state index contributed by atoms with van der Waals surface area (Å²) in [7, 11) is 4.77. The van der Waals surface area contributed by atoms with Crippen LogP contribution < -0.4 is 31.7 Å². The van der Waals surface area contributed by atoms with Crippen LogP contribution in [-0.4, -0.2) is 78.9 Å². The number of rotatable bonds is 11. The molecule has 4 N–H and O–H groups in total. The van der Waals surface area contributed by atoms with Gasteiger partial charge in [-0.3, -0.25) is 33.7 Å². The number of hydrogen-bond donors (Lipinski definition) is 4. The van der Waals surface area contributed by atoms with Crippen molar-refractivity contribution >= 4 is 51.8 Å². The molecule has 3 amide bonds. The van der Waals surface area contributed by atoms with Gasteiger partial charge in [-0.15, -0.1) is 0 Å². The fraction of sp³-hybridized carbons (Fsp3) is 0.268. The molecule has 0 aliphatic carbocycles. The van der Waals surface area contributed by atoms with Crippen LogP contribution in [-0.2, 0) is 23.2 Å². The maximum Gasteiger partial charge on any atom is 0.329 e. The van der Waals surface area contributed by atoms with E-state index >= 15 is 0 Å². The lowest BCUT2D eigenvalue weighted by Crippen LogP contribution is -2.44. The van der Waals surface area contributed by atoms with Gasteiger partial charge in [0.2, 0.25) is 11.8 Å². The average Bonchev–Trinajstić information content (AvgIpc) is 3.80. The van der Waals surface area contributed by atoms with E-state index in [1.54, 1.807) is 35.9 Å². The molecular formula is C41H40FN11O5. The molecule has 0 radical (unpaired) electrons. The lowest BCUT2D eigenvalue weighted by Gasteiger charge is -2.22. The second-order valence-corrected chi connectivity index (χ2v) is 14.2. The maximum absolute atomic E-state index is 13.5. The number of nitrogens with zero attached hydrogens (tertiary/aromatic N) is 7. The number of carbonyl (C=O) groups excluding carboxylic acids is 3. The normalized spacial score (nSPS) is 17.0. The van der Waals surface area contributed by atoms with Crippen molar-refractivity contribution in [1.29, 1.82) is 0 Å². The van der Waals surface area contributed by atoms with Crippen molar-refractivity contribution in [2.45, 2.75) is 37.8 Å².